The lowest BCUT2D eigenvalue weighted by molar-refractivity contribution is -0.112. The second-order valence-corrected chi connectivity index (χ2v) is 7.49. The van der Waals surface area contributed by atoms with E-state index >= 15 is 0 Å². The minimum Gasteiger partial charge on any atom is -0.404 e. The molecule has 6 nitrogen and oxygen atoms in total. The van der Waals surface area contributed by atoms with E-state index in [2.05, 4.69) is 6.92 Å². The van der Waals surface area contributed by atoms with Gasteiger partial charge in [-0.25, -0.2) is 4.57 Å². The minimum atomic E-state index is -4.22. The van der Waals surface area contributed by atoms with Gasteiger partial charge in [-0.05, 0) is 24.5 Å². The van der Waals surface area contributed by atoms with Crippen LogP contribution in [0.2, 0.25) is 0 Å². The second-order valence-electron chi connectivity index (χ2n) is 6.11. The first kappa shape index (κ1) is 22.8. The molecule has 0 aliphatic carbocycles. The van der Waals surface area contributed by atoms with Crippen LogP contribution in [-0.2, 0) is 25.0 Å². The number of rotatable bonds is 16. The van der Waals surface area contributed by atoms with Gasteiger partial charge in [0, 0.05) is 0 Å². The van der Waals surface area contributed by atoms with Crippen LogP contribution >= 0.6 is 7.82 Å². The highest BCUT2D eigenvalue weighted by Crippen LogP contribution is 2.44. The summed E-state index contributed by atoms with van der Waals surface area (Å²) >= 11 is 0. The number of carbonyl (C=O) groups is 1. The van der Waals surface area contributed by atoms with E-state index in [1.807, 2.05) is 12.1 Å². The van der Waals surface area contributed by atoms with Crippen LogP contribution in [0.3, 0.4) is 0 Å². The summed E-state index contributed by atoms with van der Waals surface area (Å²) in [5, 5.41) is 0. The van der Waals surface area contributed by atoms with E-state index in [0.717, 1.165) is 24.8 Å². The molecule has 0 aliphatic heterocycles. The Morgan fingerprint density at radius 1 is 1.04 bits per heavy atom. The largest absolute Gasteiger partial charge is 0.527 e. The number of ether oxygens (including phenoxy) is 1. The Labute approximate surface area is 156 Å². The Hall–Kier alpha value is -1.20. The average molecular weight is 386 g/mol. The first-order chi connectivity index (χ1) is 12.6. The first-order valence-corrected chi connectivity index (χ1v) is 10.8. The molecule has 148 valence electrons. The molecule has 0 heterocycles. The maximum atomic E-state index is 12.0. The van der Waals surface area contributed by atoms with Crippen molar-refractivity contribution in [2.75, 3.05) is 19.8 Å². The van der Waals surface area contributed by atoms with Gasteiger partial charge in [-0.3, -0.25) is 9.42 Å². The minimum absolute atomic E-state index is 0.0479. The van der Waals surface area contributed by atoms with Crippen molar-refractivity contribution in [1.82, 2.24) is 0 Å². The summed E-state index contributed by atoms with van der Waals surface area (Å²) in [6.07, 6.45) is 9.87. The van der Waals surface area contributed by atoms with Gasteiger partial charge in [0.25, 0.3) is 0 Å². The second kappa shape index (κ2) is 13.9. The van der Waals surface area contributed by atoms with Crippen LogP contribution in [0.1, 0.15) is 57.4 Å². The predicted octanol–water partition coefficient (Wildman–Crippen LogP) is 4.69. The van der Waals surface area contributed by atoms with Gasteiger partial charge < -0.3 is 14.1 Å². The number of aryl methyl sites for hydroxylation is 1. The van der Waals surface area contributed by atoms with Crippen molar-refractivity contribution in [3.63, 3.8) is 0 Å². The smallest absolute Gasteiger partial charge is 0.404 e. The Morgan fingerprint density at radius 3 is 2.46 bits per heavy atom. The van der Waals surface area contributed by atoms with Gasteiger partial charge in [0.2, 0.25) is 0 Å². The van der Waals surface area contributed by atoms with Crippen molar-refractivity contribution in [3.05, 3.63) is 29.8 Å². The van der Waals surface area contributed by atoms with Crippen LogP contribution in [0.15, 0.2) is 24.3 Å². The Bertz CT molecular complexity index is 549. The molecule has 0 amide bonds. The maximum absolute atomic E-state index is 12.0. The van der Waals surface area contributed by atoms with Crippen molar-refractivity contribution in [2.24, 2.45) is 0 Å². The van der Waals surface area contributed by atoms with Gasteiger partial charge in [-0.2, -0.15) is 0 Å². The van der Waals surface area contributed by atoms with Crippen molar-refractivity contribution in [2.45, 2.75) is 58.3 Å². The van der Waals surface area contributed by atoms with E-state index in [1.165, 1.54) is 32.1 Å². The third-order valence-electron chi connectivity index (χ3n) is 3.90. The molecule has 1 atom stereocenters. The van der Waals surface area contributed by atoms with Gasteiger partial charge in [0.15, 0.2) is 0 Å². The van der Waals surface area contributed by atoms with Crippen LogP contribution in [0.25, 0.3) is 0 Å². The summed E-state index contributed by atoms with van der Waals surface area (Å²) < 4.78 is 27.0. The van der Waals surface area contributed by atoms with Gasteiger partial charge in [0.1, 0.15) is 18.6 Å². The van der Waals surface area contributed by atoms with E-state index in [9.17, 15) is 14.3 Å². The summed E-state index contributed by atoms with van der Waals surface area (Å²) in [4.78, 5) is 19.9. The van der Waals surface area contributed by atoms with E-state index in [4.69, 9.17) is 13.8 Å². The SMILES string of the molecule is CCCCCCCCCc1ccccc1OP(=O)(O)OCCOCC=O. The number of unbranched alkanes of at least 4 members (excludes halogenated alkanes) is 6. The summed E-state index contributed by atoms with van der Waals surface area (Å²) in [6.45, 7) is 2.06. The zero-order valence-electron chi connectivity index (χ0n) is 15.6. The monoisotopic (exact) mass is 386 g/mol. The Kier molecular flexibility index (Phi) is 12.2. The van der Waals surface area contributed by atoms with Crippen molar-refractivity contribution in [1.29, 1.82) is 0 Å². The standard InChI is InChI=1S/C19H31O6P/c1-2-3-4-5-6-7-8-11-18-12-9-10-13-19(18)25-26(21,22)24-17-16-23-15-14-20/h9-10,12-14H,2-8,11,15-17H2,1H3,(H,21,22). The molecule has 26 heavy (non-hydrogen) atoms. The van der Waals surface area contributed by atoms with E-state index in [-0.39, 0.29) is 19.8 Å². The summed E-state index contributed by atoms with van der Waals surface area (Å²) in [5.41, 5.74) is 0.899. The summed E-state index contributed by atoms with van der Waals surface area (Å²) in [7, 11) is -4.22. The molecule has 0 radical (unpaired) electrons. The molecule has 1 unspecified atom stereocenters. The molecule has 1 N–H and O–H groups in total. The van der Waals surface area contributed by atoms with Crippen LogP contribution in [0, 0.1) is 0 Å². The molecule has 0 spiro atoms. The predicted molar refractivity (Wildman–Crippen MR) is 101 cm³/mol. The molecular weight excluding hydrogens is 355 g/mol. The van der Waals surface area contributed by atoms with Crippen molar-refractivity contribution >= 4 is 14.1 Å². The fourth-order valence-corrected chi connectivity index (χ4v) is 3.35. The molecule has 1 aromatic carbocycles. The molecule has 1 rings (SSSR count). The summed E-state index contributed by atoms with van der Waals surface area (Å²) in [6, 6.07) is 7.22. The maximum Gasteiger partial charge on any atom is 0.527 e. The van der Waals surface area contributed by atoms with Gasteiger partial charge >= 0.3 is 7.82 Å². The molecule has 0 saturated carbocycles. The number of hydrogen-bond acceptors (Lipinski definition) is 5. The molecule has 0 fully saturated rings. The van der Waals surface area contributed by atoms with Gasteiger partial charge in [0.05, 0.1) is 13.2 Å². The van der Waals surface area contributed by atoms with Crippen molar-refractivity contribution < 1.29 is 28.0 Å². The topological polar surface area (TPSA) is 82.1 Å². The number of para-hydroxylation sites is 1. The average Bonchev–Trinajstić information content (AvgIpc) is 2.62. The highest BCUT2D eigenvalue weighted by Gasteiger charge is 2.24. The number of phosphoric ester groups is 1. The van der Waals surface area contributed by atoms with Gasteiger partial charge in [-0.1, -0.05) is 63.6 Å². The fraction of sp³-hybridized carbons (Fsp3) is 0.632. The molecule has 0 saturated heterocycles. The molecule has 0 aliphatic rings. The third kappa shape index (κ3) is 10.7. The van der Waals surface area contributed by atoms with Crippen LogP contribution in [0.5, 0.6) is 5.75 Å². The molecule has 7 heteroatoms. The van der Waals surface area contributed by atoms with Crippen LogP contribution in [0.4, 0.5) is 0 Å². The molecular formula is C19H31O6P. The molecule has 1 aromatic rings. The highest BCUT2D eigenvalue weighted by molar-refractivity contribution is 7.47. The van der Waals surface area contributed by atoms with E-state index < -0.39 is 7.82 Å². The highest BCUT2D eigenvalue weighted by atomic mass is 31.2. The number of carbonyl (C=O) groups excluding carboxylic acids is 1. The lowest BCUT2D eigenvalue weighted by Gasteiger charge is -2.15. The van der Waals surface area contributed by atoms with Gasteiger partial charge in [-0.15, -0.1) is 0 Å². The number of hydrogen-bond donors (Lipinski definition) is 1. The lowest BCUT2D eigenvalue weighted by Crippen LogP contribution is -2.07. The zero-order valence-corrected chi connectivity index (χ0v) is 16.5. The Morgan fingerprint density at radius 2 is 1.73 bits per heavy atom. The Balaban J connectivity index is 2.39. The van der Waals surface area contributed by atoms with E-state index in [1.54, 1.807) is 12.1 Å². The zero-order chi connectivity index (χ0) is 19.1. The normalized spacial score (nSPS) is 13.3. The molecule has 0 bridgehead atoms. The third-order valence-corrected chi connectivity index (χ3v) is 4.84. The lowest BCUT2D eigenvalue weighted by atomic mass is 10.0. The van der Waals surface area contributed by atoms with Crippen molar-refractivity contribution in [3.8, 4) is 5.75 Å². The summed E-state index contributed by atoms with van der Waals surface area (Å²) in [5.74, 6) is 0.373. The number of aldehydes is 1. The fourth-order valence-electron chi connectivity index (χ4n) is 2.57. The van der Waals surface area contributed by atoms with Crippen LogP contribution in [-0.4, -0.2) is 31.0 Å². The van der Waals surface area contributed by atoms with Crippen LogP contribution < -0.4 is 4.52 Å². The molecule has 0 aromatic heterocycles. The quantitative estimate of drug-likeness (QED) is 0.252. The van der Waals surface area contributed by atoms with E-state index in [0.29, 0.717) is 12.0 Å². The first-order valence-electron chi connectivity index (χ1n) is 9.35. The number of benzene rings is 1. The number of phosphoric acid groups is 1.